The highest BCUT2D eigenvalue weighted by Crippen LogP contribution is 2.41. The number of likely N-dealkylation sites (tertiary alicyclic amines) is 1. The standard InChI is InChI=1S/C16H21NO3S/c1-13-2-4-14(5-3-13)19-12-15(18)17-8-6-16(7-9-17)20-10-11-21-16/h2-5H,6-12H2,1H3. The second-order valence-corrected chi connectivity index (χ2v) is 7.03. The third-order valence-corrected chi connectivity index (χ3v) is 5.50. The molecule has 3 rings (SSSR count). The van der Waals surface area contributed by atoms with Crippen molar-refractivity contribution in [2.45, 2.75) is 24.7 Å². The Labute approximate surface area is 129 Å². The van der Waals surface area contributed by atoms with Gasteiger partial charge in [-0.15, -0.1) is 11.8 Å². The van der Waals surface area contributed by atoms with Crippen LogP contribution in [0.1, 0.15) is 18.4 Å². The first-order valence-electron chi connectivity index (χ1n) is 7.42. The van der Waals surface area contributed by atoms with Gasteiger partial charge in [0.15, 0.2) is 6.61 Å². The summed E-state index contributed by atoms with van der Waals surface area (Å²) in [7, 11) is 0. The Morgan fingerprint density at radius 3 is 2.67 bits per heavy atom. The number of ether oxygens (including phenoxy) is 2. The Kier molecular flexibility index (Phi) is 4.40. The van der Waals surface area contributed by atoms with Gasteiger partial charge in [0.05, 0.1) is 6.61 Å². The summed E-state index contributed by atoms with van der Waals surface area (Å²) in [5, 5.41) is 0. The second kappa shape index (κ2) is 6.28. The molecular formula is C16H21NO3S. The summed E-state index contributed by atoms with van der Waals surface area (Å²) < 4.78 is 11.4. The SMILES string of the molecule is Cc1ccc(OCC(=O)N2CCC3(CC2)OCCS3)cc1. The zero-order chi connectivity index (χ0) is 14.7. The number of piperidine rings is 1. The quantitative estimate of drug-likeness (QED) is 0.860. The summed E-state index contributed by atoms with van der Waals surface area (Å²) in [6.07, 6.45) is 1.85. The molecule has 0 bridgehead atoms. The average Bonchev–Trinajstić information content (AvgIpc) is 2.95. The van der Waals surface area contributed by atoms with E-state index in [2.05, 4.69) is 0 Å². The van der Waals surface area contributed by atoms with Gasteiger partial charge in [-0.3, -0.25) is 4.79 Å². The van der Waals surface area contributed by atoms with Gasteiger partial charge >= 0.3 is 0 Å². The van der Waals surface area contributed by atoms with Crippen LogP contribution in [0.25, 0.3) is 0 Å². The average molecular weight is 307 g/mol. The number of benzene rings is 1. The highest BCUT2D eigenvalue weighted by atomic mass is 32.2. The van der Waals surface area contributed by atoms with Crippen molar-refractivity contribution in [1.82, 2.24) is 4.90 Å². The fourth-order valence-electron chi connectivity index (χ4n) is 2.75. The van der Waals surface area contributed by atoms with Gasteiger partial charge in [-0.1, -0.05) is 17.7 Å². The zero-order valence-corrected chi connectivity index (χ0v) is 13.2. The summed E-state index contributed by atoms with van der Waals surface area (Å²) in [6, 6.07) is 7.77. The van der Waals surface area contributed by atoms with E-state index in [0.717, 1.165) is 44.0 Å². The van der Waals surface area contributed by atoms with Gasteiger partial charge in [-0.2, -0.15) is 0 Å². The van der Waals surface area contributed by atoms with Crippen LogP contribution in [0.4, 0.5) is 0 Å². The van der Waals surface area contributed by atoms with Crippen LogP contribution >= 0.6 is 11.8 Å². The lowest BCUT2D eigenvalue weighted by Crippen LogP contribution is -2.46. The topological polar surface area (TPSA) is 38.8 Å². The van der Waals surface area contributed by atoms with Crippen LogP contribution in [0.2, 0.25) is 0 Å². The van der Waals surface area contributed by atoms with Crippen LogP contribution in [0.5, 0.6) is 5.75 Å². The van der Waals surface area contributed by atoms with Crippen LogP contribution in [0, 0.1) is 6.92 Å². The van der Waals surface area contributed by atoms with Crippen LogP contribution in [-0.4, -0.2) is 47.8 Å². The molecule has 0 aliphatic carbocycles. The van der Waals surface area contributed by atoms with E-state index in [1.54, 1.807) is 0 Å². The molecule has 114 valence electrons. The molecule has 0 radical (unpaired) electrons. The van der Waals surface area contributed by atoms with Gasteiger partial charge in [0, 0.05) is 31.7 Å². The summed E-state index contributed by atoms with van der Waals surface area (Å²) in [5.41, 5.74) is 1.18. The van der Waals surface area contributed by atoms with Crippen LogP contribution in [0.15, 0.2) is 24.3 Å². The molecule has 0 atom stereocenters. The maximum absolute atomic E-state index is 12.2. The third kappa shape index (κ3) is 3.52. The molecule has 1 amide bonds. The van der Waals surface area contributed by atoms with Crippen molar-refractivity contribution in [3.05, 3.63) is 29.8 Å². The molecule has 2 heterocycles. The molecule has 1 spiro atoms. The molecule has 21 heavy (non-hydrogen) atoms. The lowest BCUT2D eigenvalue weighted by Gasteiger charge is -2.37. The fourth-order valence-corrected chi connectivity index (χ4v) is 3.93. The number of nitrogens with zero attached hydrogens (tertiary/aromatic N) is 1. The van der Waals surface area contributed by atoms with Crippen molar-refractivity contribution in [3.63, 3.8) is 0 Å². The van der Waals surface area contributed by atoms with Gasteiger partial charge in [0.2, 0.25) is 0 Å². The Hall–Kier alpha value is -1.20. The second-order valence-electron chi connectivity index (χ2n) is 5.59. The molecule has 0 saturated carbocycles. The molecule has 2 aliphatic heterocycles. The molecule has 2 saturated heterocycles. The first-order valence-corrected chi connectivity index (χ1v) is 8.41. The lowest BCUT2D eigenvalue weighted by atomic mass is 10.1. The Morgan fingerprint density at radius 1 is 1.33 bits per heavy atom. The zero-order valence-electron chi connectivity index (χ0n) is 12.3. The lowest BCUT2D eigenvalue weighted by molar-refractivity contribution is -0.136. The summed E-state index contributed by atoms with van der Waals surface area (Å²) in [5.74, 6) is 1.88. The van der Waals surface area contributed by atoms with E-state index < -0.39 is 0 Å². The molecular weight excluding hydrogens is 286 g/mol. The number of amides is 1. The van der Waals surface area contributed by atoms with Crippen molar-refractivity contribution in [2.24, 2.45) is 0 Å². The van der Waals surface area contributed by atoms with Crippen molar-refractivity contribution in [1.29, 1.82) is 0 Å². The van der Waals surface area contributed by atoms with E-state index in [1.165, 1.54) is 5.56 Å². The maximum Gasteiger partial charge on any atom is 0.260 e. The molecule has 4 nitrogen and oxygen atoms in total. The summed E-state index contributed by atoms with van der Waals surface area (Å²) >= 11 is 1.90. The van der Waals surface area contributed by atoms with Crippen LogP contribution < -0.4 is 4.74 Å². The number of carbonyl (C=O) groups excluding carboxylic acids is 1. The number of carbonyl (C=O) groups is 1. The molecule has 1 aromatic carbocycles. The van der Waals surface area contributed by atoms with Crippen molar-refractivity contribution in [2.75, 3.05) is 32.1 Å². The normalized spacial score (nSPS) is 20.7. The van der Waals surface area contributed by atoms with E-state index >= 15 is 0 Å². The van der Waals surface area contributed by atoms with Crippen molar-refractivity contribution < 1.29 is 14.3 Å². The van der Waals surface area contributed by atoms with Gasteiger partial charge in [0.1, 0.15) is 10.7 Å². The molecule has 0 aromatic heterocycles. The first kappa shape index (κ1) is 14.7. The van der Waals surface area contributed by atoms with Gasteiger partial charge in [-0.05, 0) is 19.1 Å². The molecule has 2 fully saturated rings. The van der Waals surface area contributed by atoms with Gasteiger partial charge in [0.25, 0.3) is 5.91 Å². The first-order chi connectivity index (χ1) is 10.2. The van der Waals surface area contributed by atoms with Crippen molar-refractivity contribution >= 4 is 17.7 Å². The smallest absolute Gasteiger partial charge is 0.260 e. The van der Waals surface area contributed by atoms with E-state index in [4.69, 9.17) is 9.47 Å². The van der Waals surface area contributed by atoms with Crippen molar-refractivity contribution in [3.8, 4) is 5.75 Å². The molecule has 2 aliphatic rings. The minimum atomic E-state index is -0.0193. The minimum absolute atomic E-state index is 0.0193. The number of hydrogen-bond acceptors (Lipinski definition) is 4. The highest BCUT2D eigenvalue weighted by molar-refractivity contribution is 8.00. The van der Waals surface area contributed by atoms with Crippen LogP contribution in [0.3, 0.4) is 0 Å². The molecule has 0 unspecified atom stereocenters. The van der Waals surface area contributed by atoms with E-state index in [1.807, 2.05) is 47.9 Å². The number of rotatable bonds is 3. The predicted octanol–water partition coefficient (Wildman–Crippen LogP) is 2.46. The molecule has 5 heteroatoms. The maximum atomic E-state index is 12.2. The fraction of sp³-hybridized carbons (Fsp3) is 0.562. The largest absolute Gasteiger partial charge is 0.484 e. The highest BCUT2D eigenvalue weighted by Gasteiger charge is 2.40. The predicted molar refractivity (Wildman–Crippen MR) is 83.6 cm³/mol. The van der Waals surface area contributed by atoms with Gasteiger partial charge < -0.3 is 14.4 Å². The summed E-state index contributed by atoms with van der Waals surface area (Å²) in [4.78, 5) is 14.1. The number of thioether (sulfide) groups is 1. The van der Waals surface area contributed by atoms with Gasteiger partial charge in [-0.25, -0.2) is 0 Å². The van der Waals surface area contributed by atoms with Crippen LogP contribution in [-0.2, 0) is 9.53 Å². The Bertz CT molecular complexity index is 487. The molecule has 1 aromatic rings. The number of hydrogen-bond donors (Lipinski definition) is 0. The van der Waals surface area contributed by atoms with E-state index in [-0.39, 0.29) is 17.4 Å². The Balaban J connectivity index is 1.47. The third-order valence-electron chi connectivity index (χ3n) is 4.07. The minimum Gasteiger partial charge on any atom is -0.484 e. The molecule has 0 N–H and O–H groups in total. The monoisotopic (exact) mass is 307 g/mol. The van der Waals surface area contributed by atoms with E-state index in [0.29, 0.717) is 0 Å². The Morgan fingerprint density at radius 2 is 2.05 bits per heavy atom. The van der Waals surface area contributed by atoms with E-state index in [9.17, 15) is 4.79 Å². The number of aryl methyl sites for hydroxylation is 1. The summed E-state index contributed by atoms with van der Waals surface area (Å²) in [6.45, 7) is 4.52.